The van der Waals surface area contributed by atoms with Crippen LogP contribution in [0.2, 0.25) is 0 Å². The third kappa shape index (κ3) is 3.60. The standard InChI is InChI=1S/C8H12F3N3OS/c1-5(15)3-4-14(2)7-13-12-6(16-7)8(9,10)11/h5,15H,3-4H2,1-2H3. The van der Waals surface area contributed by atoms with Gasteiger partial charge in [0, 0.05) is 13.6 Å². The van der Waals surface area contributed by atoms with Gasteiger partial charge in [-0.15, -0.1) is 10.2 Å². The number of hydrogen-bond donors (Lipinski definition) is 1. The molecule has 4 nitrogen and oxygen atoms in total. The van der Waals surface area contributed by atoms with Crippen molar-refractivity contribution in [3.63, 3.8) is 0 Å². The maximum Gasteiger partial charge on any atom is 0.445 e. The Morgan fingerprint density at radius 3 is 2.50 bits per heavy atom. The van der Waals surface area contributed by atoms with E-state index in [1.54, 1.807) is 18.9 Å². The van der Waals surface area contributed by atoms with E-state index in [4.69, 9.17) is 5.11 Å². The highest BCUT2D eigenvalue weighted by Gasteiger charge is 2.36. The van der Waals surface area contributed by atoms with Crippen molar-refractivity contribution >= 4 is 16.5 Å². The lowest BCUT2D eigenvalue weighted by molar-refractivity contribution is -0.138. The van der Waals surface area contributed by atoms with Gasteiger partial charge in [0.1, 0.15) is 0 Å². The van der Waals surface area contributed by atoms with E-state index in [1.165, 1.54) is 0 Å². The number of hydrogen-bond acceptors (Lipinski definition) is 5. The zero-order valence-electron chi connectivity index (χ0n) is 8.82. The smallest absolute Gasteiger partial charge is 0.393 e. The molecule has 1 heterocycles. The van der Waals surface area contributed by atoms with Crippen LogP contribution in [0.1, 0.15) is 18.4 Å². The number of nitrogens with zero attached hydrogens (tertiary/aromatic N) is 3. The number of anilines is 1. The first-order chi connectivity index (χ1) is 7.30. The first-order valence-corrected chi connectivity index (χ1v) is 5.42. The van der Waals surface area contributed by atoms with E-state index in [1.807, 2.05) is 0 Å². The quantitative estimate of drug-likeness (QED) is 0.890. The molecule has 16 heavy (non-hydrogen) atoms. The van der Waals surface area contributed by atoms with E-state index >= 15 is 0 Å². The van der Waals surface area contributed by atoms with Crippen molar-refractivity contribution in [1.29, 1.82) is 0 Å². The Kier molecular flexibility index (Phi) is 4.09. The molecule has 0 fully saturated rings. The van der Waals surface area contributed by atoms with Crippen LogP contribution >= 0.6 is 11.3 Å². The minimum Gasteiger partial charge on any atom is -0.393 e. The SMILES string of the molecule is CC(O)CCN(C)c1nnc(C(F)(F)F)s1. The van der Waals surface area contributed by atoms with Crippen LogP contribution in [0.15, 0.2) is 0 Å². The fourth-order valence-corrected chi connectivity index (χ4v) is 1.66. The van der Waals surface area contributed by atoms with Crippen molar-refractivity contribution in [3.8, 4) is 0 Å². The molecule has 0 amide bonds. The summed E-state index contributed by atoms with van der Waals surface area (Å²) in [5.41, 5.74) is 0. The average molecular weight is 255 g/mol. The maximum atomic E-state index is 12.2. The molecule has 0 saturated heterocycles. The molecule has 0 aliphatic heterocycles. The van der Waals surface area contributed by atoms with Crippen LogP contribution in [-0.4, -0.2) is 35.0 Å². The van der Waals surface area contributed by atoms with Crippen LogP contribution in [0.25, 0.3) is 0 Å². The minimum atomic E-state index is -4.44. The van der Waals surface area contributed by atoms with E-state index in [9.17, 15) is 13.2 Å². The Balaban J connectivity index is 2.63. The normalized spacial score (nSPS) is 13.9. The lowest BCUT2D eigenvalue weighted by Crippen LogP contribution is -2.21. The topological polar surface area (TPSA) is 49.2 Å². The van der Waals surface area contributed by atoms with Crippen LogP contribution in [0.5, 0.6) is 0 Å². The number of aliphatic hydroxyl groups excluding tert-OH is 1. The molecule has 1 aromatic rings. The zero-order chi connectivity index (χ0) is 12.3. The largest absolute Gasteiger partial charge is 0.445 e. The average Bonchev–Trinajstić information content (AvgIpc) is 2.61. The van der Waals surface area contributed by atoms with Gasteiger partial charge < -0.3 is 10.0 Å². The Bertz CT molecular complexity index is 340. The van der Waals surface area contributed by atoms with Gasteiger partial charge in [0.05, 0.1) is 6.10 Å². The molecule has 1 N–H and O–H groups in total. The van der Waals surface area contributed by atoms with E-state index in [0.29, 0.717) is 24.3 Å². The molecule has 0 aliphatic carbocycles. The molecule has 0 aromatic carbocycles. The summed E-state index contributed by atoms with van der Waals surface area (Å²) in [7, 11) is 1.61. The molecule has 0 bridgehead atoms. The number of aromatic nitrogens is 2. The van der Waals surface area contributed by atoms with Crippen LogP contribution in [-0.2, 0) is 6.18 Å². The van der Waals surface area contributed by atoms with E-state index in [-0.39, 0.29) is 5.13 Å². The van der Waals surface area contributed by atoms with E-state index in [0.717, 1.165) is 0 Å². The summed E-state index contributed by atoms with van der Waals surface area (Å²) in [4.78, 5) is 1.54. The van der Waals surface area contributed by atoms with Gasteiger partial charge in [-0.05, 0) is 13.3 Å². The maximum absolute atomic E-state index is 12.2. The molecule has 1 aromatic heterocycles. The van der Waals surface area contributed by atoms with Crippen LogP contribution < -0.4 is 4.90 Å². The molecular formula is C8H12F3N3OS. The monoisotopic (exact) mass is 255 g/mol. The fraction of sp³-hybridized carbons (Fsp3) is 0.750. The number of aliphatic hydroxyl groups is 1. The molecule has 0 radical (unpaired) electrons. The van der Waals surface area contributed by atoms with Crippen molar-refractivity contribution in [1.82, 2.24) is 10.2 Å². The van der Waals surface area contributed by atoms with Gasteiger partial charge in [0.25, 0.3) is 0 Å². The van der Waals surface area contributed by atoms with E-state index < -0.39 is 17.3 Å². The van der Waals surface area contributed by atoms with Crippen molar-refractivity contribution in [2.45, 2.75) is 25.6 Å². The molecule has 0 spiro atoms. The van der Waals surface area contributed by atoms with Crippen molar-refractivity contribution in [2.24, 2.45) is 0 Å². The molecular weight excluding hydrogens is 243 g/mol. The van der Waals surface area contributed by atoms with Gasteiger partial charge in [0.15, 0.2) is 0 Å². The highest BCUT2D eigenvalue weighted by atomic mass is 32.1. The lowest BCUT2D eigenvalue weighted by atomic mass is 10.3. The predicted molar refractivity (Wildman–Crippen MR) is 54.5 cm³/mol. The van der Waals surface area contributed by atoms with Crippen LogP contribution in [0.3, 0.4) is 0 Å². The van der Waals surface area contributed by atoms with Gasteiger partial charge in [-0.25, -0.2) is 0 Å². The molecule has 1 atom stereocenters. The summed E-state index contributed by atoms with van der Waals surface area (Å²) >= 11 is 0.497. The van der Waals surface area contributed by atoms with Gasteiger partial charge in [-0.3, -0.25) is 0 Å². The second-order valence-corrected chi connectivity index (χ2v) is 4.40. The third-order valence-corrected chi connectivity index (χ3v) is 2.95. The highest BCUT2D eigenvalue weighted by Crippen LogP contribution is 2.33. The fourth-order valence-electron chi connectivity index (χ4n) is 0.960. The molecule has 0 aliphatic rings. The first kappa shape index (κ1) is 13.2. The van der Waals surface area contributed by atoms with Crippen LogP contribution in [0, 0.1) is 0 Å². The summed E-state index contributed by atoms with van der Waals surface area (Å²) in [6, 6.07) is 0. The summed E-state index contributed by atoms with van der Waals surface area (Å²) in [5, 5.41) is 14.8. The second kappa shape index (κ2) is 4.96. The van der Waals surface area contributed by atoms with E-state index in [2.05, 4.69) is 10.2 Å². The molecule has 1 rings (SSSR count). The minimum absolute atomic E-state index is 0.202. The second-order valence-electron chi connectivity index (χ2n) is 3.45. The third-order valence-electron chi connectivity index (χ3n) is 1.87. The number of halogens is 3. The summed E-state index contributed by atoms with van der Waals surface area (Å²) in [6.07, 6.45) is -4.46. The first-order valence-electron chi connectivity index (χ1n) is 4.60. The summed E-state index contributed by atoms with van der Waals surface area (Å²) in [6.45, 7) is 2.05. The molecule has 0 saturated carbocycles. The zero-order valence-corrected chi connectivity index (χ0v) is 9.64. The van der Waals surface area contributed by atoms with Gasteiger partial charge in [-0.1, -0.05) is 11.3 Å². The van der Waals surface area contributed by atoms with Gasteiger partial charge in [0.2, 0.25) is 10.1 Å². The highest BCUT2D eigenvalue weighted by molar-refractivity contribution is 7.15. The van der Waals surface area contributed by atoms with Crippen molar-refractivity contribution in [3.05, 3.63) is 5.01 Å². The van der Waals surface area contributed by atoms with Gasteiger partial charge in [-0.2, -0.15) is 13.2 Å². The molecule has 1 unspecified atom stereocenters. The lowest BCUT2D eigenvalue weighted by Gasteiger charge is -2.15. The predicted octanol–water partition coefficient (Wildman–Crippen LogP) is 1.76. The Hall–Kier alpha value is -0.890. The number of alkyl halides is 3. The Morgan fingerprint density at radius 2 is 2.06 bits per heavy atom. The summed E-state index contributed by atoms with van der Waals surface area (Å²) in [5.74, 6) is 0. The van der Waals surface area contributed by atoms with Crippen molar-refractivity contribution < 1.29 is 18.3 Å². The Morgan fingerprint density at radius 1 is 1.44 bits per heavy atom. The van der Waals surface area contributed by atoms with Crippen molar-refractivity contribution in [2.75, 3.05) is 18.5 Å². The molecule has 92 valence electrons. The van der Waals surface area contributed by atoms with Crippen LogP contribution in [0.4, 0.5) is 18.3 Å². The Labute approximate surface area is 94.7 Å². The molecule has 8 heteroatoms. The van der Waals surface area contributed by atoms with Gasteiger partial charge >= 0.3 is 6.18 Å². The number of rotatable bonds is 4. The summed E-state index contributed by atoms with van der Waals surface area (Å²) < 4.78 is 36.7.